The fourth-order valence-electron chi connectivity index (χ4n) is 2.16. The SMILES string of the molecule is Cc1ccc(S(=O)(=O)Nc2ccc(Oc3ccc(Cl)cc3)cc2)cc1. The third-order valence-corrected chi connectivity index (χ3v) is 5.14. The second-order valence-corrected chi connectivity index (χ2v) is 7.62. The van der Waals surface area contributed by atoms with Crippen LogP contribution >= 0.6 is 11.6 Å². The summed E-state index contributed by atoms with van der Waals surface area (Å²) >= 11 is 5.84. The van der Waals surface area contributed by atoms with Crippen LogP contribution in [0.5, 0.6) is 11.5 Å². The molecule has 0 saturated heterocycles. The minimum Gasteiger partial charge on any atom is -0.457 e. The van der Waals surface area contributed by atoms with E-state index in [4.69, 9.17) is 16.3 Å². The van der Waals surface area contributed by atoms with Crippen LogP contribution in [-0.4, -0.2) is 8.42 Å². The lowest BCUT2D eigenvalue weighted by Gasteiger charge is -2.10. The summed E-state index contributed by atoms with van der Waals surface area (Å²) in [5.74, 6) is 1.25. The number of hydrogen-bond acceptors (Lipinski definition) is 3. The van der Waals surface area contributed by atoms with E-state index < -0.39 is 10.0 Å². The molecule has 0 bridgehead atoms. The summed E-state index contributed by atoms with van der Waals surface area (Å²) in [7, 11) is -3.61. The molecule has 6 heteroatoms. The van der Waals surface area contributed by atoms with E-state index in [1.807, 2.05) is 6.92 Å². The van der Waals surface area contributed by atoms with E-state index >= 15 is 0 Å². The summed E-state index contributed by atoms with van der Waals surface area (Å²) < 4.78 is 33.0. The van der Waals surface area contributed by atoms with E-state index in [2.05, 4.69) is 4.72 Å². The Morgan fingerprint density at radius 2 is 1.32 bits per heavy atom. The van der Waals surface area contributed by atoms with Crippen LogP contribution in [0, 0.1) is 6.92 Å². The Morgan fingerprint density at radius 1 is 0.800 bits per heavy atom. The first-order valence-electron chi connectivity index (χ1n) is 7.55. The third kappa shape index (κ3) is 4.53. The topological polar surface area (TPSA) is 55.4 Å². The average Bonchev–Trinajstić information content (AvgIpc) is 2.59. The molecule has 0 unspecified atom stereocenters. The Kier molecular flexibility index (Phi) is 4.97. The fourth-order valence-corrected chi connectivity index (χ4v) is 3.35. The van der Waals surface area contributed by atoms with Gasteiger partial charge in [-0.05, 0) is 67.6 Å². The van der Waals surface area contributed by atoms with Gasteiger partial charge < -0.3 is 4.74 Å². The zero-order valence-electron chi connectivity index (χ0n) is 13.4. The minimum absolute atomic E-state index is 0.222. The van der Waals surface area contributed by atoms with Gasteiger partial charge in [0, 0.05) is 10.7 Å². The number of halogens is 1. The molecule has 0 aliphatic heterocycles. The van der Waals surface area contributed by atoms with Crippen molar-refractivity contribution in [2.75, 3.05) is 4.72 Å². The molecule has 3 rings (SSSR count). The normalized spacial score (nSPS) is 11.1. The number of hydrogen-bond donors (Lipinski definition) is 1. The van der Waals surface area contributed by atoms with Gasteiger partial charge in [0.25, 0.3) is 10.0 Å². The van der Waals surface area contributed by atoms with Crippen LogP contribution in [0.4, 0.5) is 5.69 Å². The number of benzene rings is 3. The molecule has 25 heavy (non-hydrogen) atoms. The summed E-state index contributed by atoms with van der Waals surface area (Å²) in [5.41, 5.74) is 1.46. The predicted octanol–water partition coefficient (Wildman–Crippen LogP) is 5.24. The standard InChI is InChI=1S/C19H16ClNO3S/c1-14-2-12-19(13-3-14)25(22,23)21-16-6-10-18(11-7-16)24-17-8-4-15(20)5-9-17/h2-13,21H,1H3. The number of nitrogens with one attached hydrogen (secondary N) is 1. The summed E-state index contributed by atoms with van der Waals surface area (Å²) in [6, 6.07) is 20.4. The monoisotopic (exact) mass is 373 g/mol. The molecule has 0 aromatic heterocycles. The molecule has 0 amide bonds. The van der Waals surface area contributed by atoms with Gasteiger partial charge >= 0.3 is 0 Å². The van der Waals surface area contributed by atoms with Crippen LogP contribution in [0.2, 0.25) is 5.02 Å². The molecule has 1 N–H and O–H groups in total. The number of anilines is 1. The maximum absolute atomic E-state index is 12.4. The van der Waals surface area contributed by atoms with E-state index in [0.717, 1.165) is 5.56 Å². The van der Waals surface area contributed by atoms with E-state index in [1.54, 1.807) is 72.8 Å². The van der Waals surface area contributed by atoms with Gasteiger partial charge in [0.05, 0.1) is 4.90 Å². The van der Waals surface area contributed by atoms with Gasteiger partial charge in [0.2, 0.25) is 0 Å². The number of rotatable bonds is 5. The van der Waals surface area contributed by atoms with E-state index in [9.17, 15) is 8.42 Å². The lowest BCUT2D eigenvalue weighted by molar-refractivity contribution is 0.483. The molecule has 0 fully saturated rings. The van der Waals surface area contributed by atoms with Crippen LogP contribution in [0.3, 0.4) is 0 Å². The van der Waals surface area contributed by atoms with E-state index in [0.29, 0.717) is 22.2 Å². The zero-order chi connectivity index (χ0) is 17.9. The fraction of sp³-hybridized carbons (Fsp3) is 0.0526. The molecule has 4 nitrogen and oxygen atoms in total. The van der Waals surface area contributed by atoms with Gasteiger partial charge in [0.15, 0.2) is 0 Å². The van der Waals surface area contributed by atoms with Gasteiger partial charge in [-0.25, -0.2) is 8.42 Å². The molecular weight excluding hydrogens is 358 g/mol. The smallest absolute Gasteiger partial charge is 0.261 e. The summed E-state index contributed by atoms with van der Waals surface area (Å²) in [4.78, 5) is 0.222. The van der Waals surface area contributed by atoms with Gasteiger partial charge in [0.1, 0.15) is 11.5 Å². The summed E-state index contributed by atoms with van der Waals surface area (Å²) in [6.45, 7) is 1.91. The average molecular weight is 374 g/mol. The molecule has 3 aromatic carbocycles. The van der Waals surface area contributed by atoms with Crippen LogP contribution in [0.1, 0.15) is 5.56 Å². The number of aryl methyl sites for hydroxylation is 1. The largest absolute Gasteiger partial charge is 0.457 e. The van der Waals surface area contributed by atoms with Crippen molar-refractivity contribution in [3.8, 4) is 11.5 Å². The van der Waals surface area contributed by atoms with Gasteiger partial charge in [-0.2, -0.15) is 0 Å². The van der Waals surface area contributed by atoms with Crippen LogP contribution in [0.15, 0.2) is 77.7 Å². The highest BCUT2D eigenvalue weighted by atomic mass is 35.5. The maximum Gasteiger partial charge on any atom is 0.261 e. The number of sulfonamides is 1. The van der Waals surface area contributed by atoms with Gasteiger partial charge in [-0.3, -0.25) is 4.72 Å². The molecule has 0 atom stereocenters. The third-order valence-electron chi connectivity index (χ3n) is 3.49. The molecule has 0 aliphatic carbocycles. The summed E-state index contributed by atoms with van der Waals surface area (Å²) in [5, 5.41) is 0.633. The molecular formula is C19H16ClNO3S. The molecule has 0 radical (unpaired) electrons. The van der Waals surface area contributed by atoms with Crippen molar-refractivity contribution in [2.24, 2.45) is 0 Å². The second-order valence-electron chi connectivity index (χ2n) is 5.50. The van der Waals surface area contributed by atoms with Crippen molar-refractivity contribution in [2.45, 2.75) is 11.8 Å². The van der Waals surface area contributed by atoms with E-state index in [-0.39, 0.29) is 4.90 Å². The van der Waals surface area contributed by atoms with Crippen molar-refractivity contribution in [3.05, 3.63) is 83.4 Å². The first-order chi connectivity index (χ1) is 11.9. The van der Waals surface area contributed by atoms with Gasteiger partial charge in [-0.1, -0.05) is 29.3 Å². The Balaban J connectivity index is 1.71. The Bertz CT molecular complexity index is 951. The molecule has 0 spiro atoms. The lowest BCUT2D eigenvalue weighted by atomic mass is 10.2. The lowest BCUT2D eigenvalue weighted by Crippen LogP contribution is -2.12. The van der Waals surface area contributed by atoms with Crippen molar-refractivity contribution in [3.63, 3.8) is 0 Å². The van der Waals surface area contributed by atoms with Crippen LogP contribution < -0.4 is 9.46 Å². The van der Waals surface area contributed by atoms with Crippen molar-refractivity contribution >= 4 is 27.3 Å². The second kappa shape index (κ2) is 7.17. The first-order valence-corrected chi connectivity index (χ1v) is 9.41. The van der Waals surface area contributed by atoms with Crippen LogP contribution in [0.25, 0.3) is 0 Å². The van der Waals surface area contributed by atoms with E-state index in [1.165, 1.54) is 0 Å². The molecule has 3 aromatic rings. The molecule has 0 heterocycles. The van der Waals surface area contributed by atoms with Crippen LogP contribution in [-0.2, 0) is 10.0 Å². The highest BCUT2D eigenvalue weighted by Gasteiger charge is 2.13. The van der Waals surface area contributed by atoms with Crippen molar-refractivity contribution < 1.29 is 13.2 Å². The predicted molar refractivity (Wildman–Crippen MR) is 100.0 cm³/mol. The van der Waals surface area contributed by atoms with Gasteiger partial charge in [-0.15, -0.1) is 0 Å². The first kappa shape index (κ1) is 17.3. The minimum atomic E-state index is -3.61. The highest BCUT2D eigenvalue weighted by molar-refractivity contribution is 7.92. The van der Waals surface area contributed by atoms with Crippen molar-refractivity contribution in [1.82, 2.24) is 0 Å². The molecule has 128 valence electrons. The number of ether oxygens (including phenoxy) is 1. The maximum atomic E-state index is 12.4. The molecule has 0 saturated carbocycles. The van der Waals surface area contributed by atoms with Crippen molar-refractivity contribution in [1.29, 1.82) is 0 Å². The summed E-state index contributed by atoms with van der Waals surface area (Å²) in [6.07, 6.45) is 0. The quantitative estimate of drug-likeness (QED) is 0.665. The Morgan fingerprint density at radius 3 is 1.88 bits per heavy atom. The molecule has 0 aliphatic rings. The zero-order valence-corrected chi connectivity index (χ0v) is 15.0. The highest BCUT2D eigenvalue weighted by Crippen LogP contribution is 2.25. The Labute approximate surface area is 152 Å². The Hall–Kier alpha value is -2.50.